The second-order valence-corrected chi connectivity index (χ2v) is 6.72. The summed E-state index contributed by atoms with van der Waals surface area (Å²) in [5.41, 5.74) is 1.21. The lowest BCUT2D eigenvalue weighted by molar-refractivity contribution is 0.170. The Morgan fingerprint density at radius 3 is 2.95 bits per heavy atom. The fraction of sp³-hybridized carbons (Fsp3) is 0.571. The van der Waals surface area contributed by atoms with Crippen molar-refractivity contribution in [1.82, 2.24) is 5.32 Å². The van der Waals surface area contributed by atoms with Gasteiger partial charge in [0.1, 0.15) is 13.2 Å². The van der Waals surface area contributed by atoms with Crippen molar-refractivity contribution in [2.45, 2.75) is 26.4 Å². The maximum absolute atomic E-state index is 5.63. The number of benzene rings is 1. The maximum atomic E-state index is 5.63. The quantitative estimate of drug-likeness (QED) is 0.855. The van der Waals surface area contributed by atoms with Gasteiger partial charge in [0.15, 0.2) is 11.5 Å². The minimum atomic E-state index is 0.511. The summed E-state index contributed by atoms with van der Waals surface area (Å²) < 4.78 is 12.2. The number of halogens is 1. The molecule has 106 valence electrons. The van der Waals surface area contributed by atoms with E-state index in [0.717, 1.165) is 28.3 Å². The fourth-order valence-corrected chi connectivity index (χ4v) is 3.22. The van der Waals surface area contributed by atoms with Gasteiger partial charge in [-0.05, 0) is 46.3 Å². The van der Waals surface area contributed by atoms with Crippen LogP contribution in [0, 0.1) is 0 Å². The van der Waals surface area contributed by atoms with Gasteiger partial charge in [0, 0.05) is 18.3 Å². The lowest BCUT2D eigenvalue weighted by Gasteiger charge is -2.21. The third-order valence-electron chi connectivity index (χ3n) is 2.88. The second-order valence-electron chi connectivity index (χ2n) is 4.54. The van der Waals surface area contributed by atoms with Crippen LogP contribution >= 0.6 is 27.7 Å². The van der Waals surface area contributed by atoms with Crippen LogP contribution in [0.1, 0.15) is 19.4 Å². The lowest BCUT2D eigenvalue weighted by atomic mass is 10.2. The Balaban J connectivity index is 1.95. The molecule has 0 aromatic heterocycles. The summed E-state index contributed by atoms with van der Waals surface area (Å²) in [5.74, 6) is 3.97. The van der Waals surface area contributed by atoms with Crippen LogP contribution in [0.5, 0.6) is 11.5 Å². The molecular weight excluding hydrogens is 326 g/mol. The van der Waals surface area contributed by atoms with Crippen LogP contribution in [0.2, 0.25) is 0 Å². The molecule has 0 bridgehead atoms. The van der Waals surface area contributed by atoms with Gasteiger partial charge in [0.05, 0.1) is 4.47 Å². The summed E-state index contributed by atoms with van der Waals surface area (Å²) in [5, 5.41) is 3.53. The predicted molar refractivity (Wildman–Crippen MR) is 84.4 cm³/mol. The van der Waals surface area contributed by atoms with Crippen LogP contribution in [0.4, 0.5) is 0 Å². The van der Waals surface area contributed by atoms with Crippen molar-refractivity contribution in [2.75, 3.05) is 24.7 Å². The van der Waals surface area contributed by atoms with Crippen molar-refractivity contribution in [1.29, 1.82) is 0 Å². The molecule has 0 amide bonds. The minimum Gasteiger partial charge on any atom is -0.486 e. The standard InChI is InChI=1S/C14H20BrNO2S/c1-3-19-9-10(2)16-8-11-6-12(15)14-13(7-11)17-4-5-18-14/h6-7,10,16H,3-5,8-9H2,1-2H3. The maximum Gasteiger partial charge on any atom is 0.175 e. The molecule has 0 fully saturated rings. The van der Waals surface area contributed by atoms with Crippen molar-refractivity contribution in [2.24, 2.45) is 0 Å². The van der Waals surface area contributed by atoms with Gasteiger partial charge < -0.3 is 14.8 Å². The summed E-state index contributed by atoms with van der Waals surface area (Å²) in [6.07, 6.45) is 0. The number of nitrogens with one attached hydrogen (secondary N) is 1. The largest absolute Gasteiger partial charge is 0.486 e. The normalized spacial score (nSPS) is 15.3. The van der Waals surface area contributed by atoms with Gasteiger partial charge in [0.25, 0.3) is 0 Å². The van der Waals surface area contributed by atoms with E-state index in [4.69, 9.17) is 9.47 Å². The monoisotopic (exact) mass is 345 g/mol. The first kappa shape index (κ1) is 15.0. The topological polar surface area (TPSA) is 30.5 Å². The molecule has 1 atom stereocenters. The molecule has 5 heteroatoms. The van der Waals surface area contributed by atoms with E-state index < -0.39 is 0 Å². The zero-order valence-electron chi connectivity index (χ0n) is 11.4. The average Bonchev–Trinajstić information content (AvgIpc) is 2.43. The Morgan fingerprint density at radius 1 is 1.37 bits per heavy atom. The van der Waals surface area contributed by atoms with Crippen LogP contribution in [0.25, 0.3) is 0 Å². The molecule has 1 N–H and O–H groups in total. The van der Waals surface area contributed by atoms with Gasteiger partial charge in [-0.2, -0.15) is 11.8 Å². The first-order valence-electron chi connectivity index (χ1n) is 6.60. The van der Waals surface area contributed by atoms with Crippen molar-refractivity contribution >= 4 is 27.7 Å². The van der Waals surface area contributed by atoms with E-state index in [2.05, 4.69) is 47.2 Å². The molecular formula is C14H20BrNO2S. The van der Waals surface area contributed by atoms with E-state index in [1.807, 2.05) is 11.8 Å². The number of hydrogen-bond donors (Lipinski definition) is 1. The number of thioether (sulfide) groups is 1. The highest BCUT2D eigenvalue weighted by Crippen LogP contribution is 2.38. The lowest BCUT2D eigenvalue weighted by Crippen LogP contribution is -2.27. The van der Waals surface area contributed by atoms with E-state index in [1.54, 1.807) is 0 Å². The Morgan fingerprint density at radius 2 is 2.16 bits per heavy atom. The van der Waals surface area contributed by atoms with Crippen LogP contribution in [-0.2, 0) is 6.54 Å². The molecule has 0 saturated carbocycles. The highest BCUT2D eigenvalue weighted by Gasteiger charge is 2.16. The Kier molecular flexibility index (Phi) is 5.85. The van der Waals surface area contributed by atoms with Crippen LogP contribution in [0.3, 0.4) is 0 Å². The molecule has 3 nitrogen and oxygen atoms in total. The van der Waals surface area contributed by atoms with Gasteiger partial charge in [0.2, 0.25) is 0 Å². The molecule has 0 saturated heterocycles. The highest BCUT2D eigenvalue weighted by atomic mass is 79.9. The number of hydrogen-bond acceptors (Lipinski definition) is 4. The van der Waals surface area contributed by atoms with Crippen molar-refractivity contribution in [3.05, 3.63) is 22.2 Å². The zero-order valence-corrected chi connectivity index (χ0v) is 13.8. The Bertz CT molecular complexity index is 428. The van der Waals surface area contributed by atoms with E-state index in [0.29, 0.717) is 19.3 Å². The molecule has 2 rings (SSSR count). The van der Waals surface area contributed by atoms with Gasteiger partial charge in [-0.3, -0.25) is 0 Å². The molecule has 1 heterocycles. The van der Waals surface area contributed by atoms with Gasteiger partial charge in [-0.1, -0.05) is 6.92 Å². The van der Waals surface area contributed by atoms with E-state index in [-0.39, 0.29) is 0 Å². The number of rotatable bonds is 6. The molecule has 1 aliphatic rings. The van der Waals surface area contributed by atoms with E-state index in [1.165, 1.54) is 11.3 Å². The zero-order chi connectivity index (χ0) is 13.7. The fourth-order valence-electron chi connectivity index (χ4n) is 1.91. The van der Waals surface area contributed by atoms with Gasteiger partial charge >= 0.3 is 0 Å². The third kappa shape index (κ3) is 4.29. The molecule has 0 aliphatic carbocycles. The Hall–Kier alpha value is -0.390. The van der Waals surface area contributed by atoms with Gasteiger partial charge in [-0.15, -0.1) is 0 Å². The first-order chi connectivity index (χ1) is 9.20. The minimum absolute atomic E-state index is 0.511. The first-order valence-corrected chi connectivity index (χ1v) is 8.54. The van der Waals surface area contributed by atoms with Crippen molar-refractivity contribution in [3.63, 3.8) is 0 Å². The molecule has 1 aromatic carbocycles. The van der Waals surface area contributed by atoms with Crippen LogP contribution in [-0.4, -0.2) is 30.8 Å². The van der Waals surface area contributed by atoms with Gasteiger partial charge in [-0.25, -0.2) is 0 Å². The summed E-state index contributed by atoms with van der Waals surface area (Å²) in [6.45, 7) is 6.50. The summed E-state index contributed by atoms with van der Waals surface area (Å²) >= 11 is 5.51. The number of ether oxygens (including phenoxy) is 2. The molecule has 1 unspecified atom stereocenters. The molecule has 1 aromatic rings. The summed E-state index contributed by atoms with van der Waals surface area (Å²) in [7, 11) is 0. The molecule has 0 spiro atoms. The van der Waals surface area contributed by atoms with Crippen molar-refractivity contribution in [3.8, 4) is 11.5 Å². The van der Waals surface area contributed by atoms with E-state index in [9.17, 15) is 0 Å². The highest BCUT2D eigenvalue weighted by molar-refractivity contribution is 9.10. The molecule has 0 radical (unpaired) electrons. The van der Waals surface area contributed by atoms with Crippen LogP contribution < -0.4 is 14.8 Å². The smallest absolute Gasteiger partial charge is 0.175 e. The SMILES string of the molecule is CCSCC(C)NCc1cc(Br)c2c(c1)OCCO2. The number of fused-ring (bicyclic) bond motifs is 1. The van der Waals surface area contributed by atoms with Crippen LogP contribution in [0.15, 0.2) is 16.6 Å². The third-order valence-corrected chi connectivity index (χ3v) is 4.62. The summed E-state index contributed by atoms with van der Waals surface area (Å²) in [6, 6.07) is 4.67. The molecule has 1 aliphatic heterocycles. The summed E-state index contributed by atoms with van der Waals surface area (Å²) in [4.78, 5) is 0. The average molecular weight is 346 g/mol. The predicted octanol–water partition coefficient (Wildman–Crippen LogP) is 3.45. The van der Waals surface area contributed by atoms with Crippen molar-refractivity contribution < 1.29 is 9.47 Å². The second kappa shape index (κ2) is 7.41. The Labute approximate surface area is 127 Å². The molecule has 19 heavy (non-hydrogen) atoms. The van der Waals surface area contributed by atoms with E-state index >= 15 is 0 Å².